The first-order valence-electron chi connectivity index (χ1n) is 12.1. The van der Waals surface area contributed by atoms with Crippen LogP contribution in [0.15, 0.2) is 42.6 Å². The quantitative estimate of drug-likeness (QED) is 0.350. The number of ether oxygens (including phenoxy) is 2. The van der Waals surface area contributed by atoms with Crippen molar-refractivity contribution in [1.29, 1.82) is 0 Å². The number of para-hydroxylation sites is 1. The number of rotatable bonds is 3. The van der Waals surface area contributed by atoms with E-state index in [2.05, 4.69) is 4.98 Å². The number of benzene rings is 1. The summed E-state index contributed by atoms with van der Waals surface area (Å²) in [4.78, 5) is 35.7. The number of hydrogen-bond acceptors (Lipinski definition) is 6. The van der Waals surface area contributed by atoms with Crippen molar-refractivity contribution in [3.63, 3.8) is 0 Å². The Kier molecular flexibility index (Phi) is 7.27. The number of carbonyl (C=O) groups excluding carboxylic acids is 2. The summed E-state index contributed by atoms with van der Waals surface area (Å²) < 4.78 is 11.7. The number of pyridine rings is 1. The van der Waals surface area contributed by atoms with Crippen LogP contribution in [0.25, 0.3) is 10.4 Å². The Balaban J connectivity index is 1.70. The molecule has 1 aromatic carbocycles. The van der Waals surface area contributed by atoms with Crippen LogP contribution in [0.5, 0.6) is 5.75 Å². The van der Waals surface area contributed by atoms with Crippen molar-refractivity contribution in [2.24, 2.45) is 0 Å². The van der Waals surface area contributed by atoms with Gasteiger partial charge < -0.3 is 14.4 Å². The van der Waals surface area contributed by atoms with Crippen molar-refractivity contribution in [1.82, 2.24) is 4.98 Å². The molecule has 3 heterocycles. The van der Waals surface area contributed by atoms with Gasteiger partial charge in [-0.3, -0.25) is 9.69 Å². The normalized spacial score (nSPS) is 13.1. The van der Waals surface area contributed by atoms with E-state index in [0.717, 1.165) is 16.0 Å². The van der Waals surface area contributed by atoms with Crippen LogP contribution < -0.4 is 14.5 Å². The Bertz CT molecular complexity index is 1340. The summed E-state index contributed by atoms with van der Waals surface area (Å²) in [6.07, 6.45) is 1.88. The zero-order valence-corrected chi connectivity index (χ0v) is 23.8. The Hall–Kier alpha value is -3.10. The van der Waals surface area contributed by atoms with E-state index in [0.29, 0.717) is 40.2 Å². The summed E-state index contributed by atoms with van der Waals surface area (Å²) in [5.74, 6) is 0.916. The van der Waals surface area contributed by atoms with E-state index in [4.69, 9.17) is 21.1 Å². The molecule has 9 heteroatoms. The van der Waals surface area contributed by atoms with Crippen LogP contribution in [-0.2, 0) is 11.2 Å². The third-order valence-corrected chi connectivity index (χ3v) is 7.26. The number of thiophene rings is 1. The smallest absolute Gasteiger partial charge is 0.416 e. The highest BCUT2D eigenvalue weighted by Crippen LogP contribution is 2.43. The molecule has 7 nitrogen and oxygen atoms in total. The molecule has 196 valence electrons. The zero-order chi connectivity index (χ0) is 27.1. The SMILES string of the molecule is CN(C(=O)c1cc2c(s1)-c1cnc(N(C(=O)OC(C)(C)C)C(C)(C)C)cc1OCC2)c1ccccc1Cl. The van der Waals surface area contributed by atoms with Gasteiger partial charge in [-0.25, -0.2) is 9.78 Å². The van der Waals surface area contributed by atoms with Crippen LogP contribution in [0.1, 0.15) is 56.8 Å². The number of anilines is 2. The molecule has 0 radical (unpaired) electrons. The predicted molar refractivity (Wildman–Crippen MR) is 149 cm³/mol. The van der Waals surface area contributed by atoms with Crippen LogP contribution in [-0.4, -0.2) is 41.8 Å². The summed E-state index contributed by atoms with van der Waals surface area (Å²) in [6, 6.07) is 11.0. The minimum atomic E-state index is -0.644. The van der Waals surface area contributed by atoms with Gasteiger partial charge in [0.1, 0.15) is 17.2 Å². The molecule has 3 aromatic rings. The summed E-state index contributed by atoms with van der Waals surface area (Å²) in [6.45, 7) is 11.7. The van der Waals surface area contributed by atoms with Gasteiger partial charge >= 0.3 is 6.09 Å². The summed E-state index contributed by atoms with van der Waals surface area (Å²) in [5.41, 5.74) is 1.24. The van der Waals surface area contributed by atoms with Crippen LogP contribution >= 0.6 is 22.9 Å². The Labute approximate surface area is 227 Å². The van der Waals surface area contributed by atoms with Gasteiger partial charge in [-0.2, -0.15) is 0 Å². The topological polar surface area (TPSA) is 72.0 Å². The van der Waals surface area contributed by atoms with E-state index in [1.54, 1.807) is 30.3 Å². The van der Waals surface area contributed by atoms with E-state index >= 15 is 0 Å². The highest BCUT2D eigenvalue weighted by Gasteiger charge is 2.34. The first-order chi connectivity index (χ1) is 17.3. The van der Waals surface area contributed by atoms with Crippen LogP contribution in [0.3, 0.4) is 0 Å². The van der Waals surface area contributed by atoms with E-state index in [9.17, 15) is 9.59 Å². The van der Waals surface area contributed by atoms with Crippen molar-refractivity contribution >= 4 is 46.4 Å². The van der Waals surface area contributed by atoms with Crippen molar-refractivity contribution in [3.05, 3.63) is 58.1 Å². The van der Waals surface area contributed by atoms with Gasteiger partial charge in [-0.05, 0) is 65.3 Å². The Morgan fingerprint density at radius 2 is 1.81 bits per heavy atom. The number of amides is 2. The summed E-state index contributed by atoms with van der Waals surface area (Å²) in [7, 11) is 1.72. The van der Waals surface area contributed by atoms with Crippen LogP contribution in [0, 0.1) is 0 Å². The van der Waals surface area contributed by atoms with Crippen molar-refractivity contribution in [2.75, 3.05) is 23.5 Å². The van der Waals surface area contributed by atoms with E-state index in [-0.39, 0.29) is 5.91 Å². The predicted octanol–water partition coefficient (Wildman–Crippen LogP) is 7.22. The largest absolute Gasteiger partial charge is 0.492 e. The molecule has 0 aliphatic carbocycles. The summed E-state index contributed by atoms with van der Waals surface area (Å²) in [5, 5.41) is 0.514. The third-order valence-electron chi connectivity index (χ3n) is 5.74. The molecule has 4 rings (SSSR count). The van der Waals surface area contributed by atoms with Gasteiger partial charge in [-0.1, -0.05) is 23.7 Å². The Morgan fingerprint density at radius 1 is 1.11 bits per heavy atom. The molecule has 0 unspecified atom stereocenters. The first kappa shape index (κ1) is 26.9. The number of fused-ring (bicyclic) bond motifs is 3. The van der Waals surface area contributed by atoms with Gasteiger partial charge in [0.05, 0.1) is 27.8 Å². The maximum atomic E-state index is 13.3. The lowest BCUT2D eigenvalue weighted by Crippen LogP contribution is -2.48. The van der Waals surface area contributed by atoms with Crippen molar-refractivity contribution < 1.29 is 19.1 Å². The molecule has 37 heavy (non-hydrogen) atoms. The highest BCUT2D eigenvalue weighted by atomic mass is 35.5. The van der Waals surface area contributed by atoms with Crippen LogP contribution in [0.2, 0.25) is 5.02 Å². The summed E-state index contributed by atoms with van der Waals surface area (Å²) >= 11 is 7.72. The lowest BCUT2D eigenvalue weighted by atomic mass is 10.1. The monoisotopic (exact) mass is 541 g/mol. The van der Waals surface area contributed by atoms with E-state index in [1.807, 2.05) is 65.8 Å². The van der Waals surface area contributed by atoms with Gasteiger partial charge in [0, 0.05) is 36.1 Å². The van der Waals surface area contributed by atoms with Gasteiger partial charge in [-0.15, -0.1) is 11.3 Å². The van der Waals surface area contributed by atoms with Gasteiger partial charge in [0.25, 0.3) is 5.91 Å². The molecule has 0 atom stereocenters. The second kappa shape index (κ2) is 9.99. The average Bonchev–Trinajstić information content (AvgIpc) is 3.13. The Morgan fingerprint density at radius 3 is 2.46 bits per heavy atom. The standard InChI is InChI=1S/C28H32ClN3O4S/c1-27(2,3)32(26(34)36-28(4,5)6)23-15-21-18(16-30-23)24-17(12-13-35-21)14-22(37-24)25(33)31(7)20-11-9-8-10-19(20)29/h8-11,14-16H,12-13H2,1-7H3. The molecule has 0 spiro atoms. The van der Waals surface area contributed by atoms with E-state index < -0.39 is 17.2 Å². The number of carbonyl (C=O) groups is 2. The lowest BCUT2D eigenvalue weighted by molar-refractivity contribution is 0.0548. The first-order valence-corrected chi connectivity index (χ1v) is 13.3. The molecule has 0 fully saturated rings. The fraction of sp³-hybridized carbons (Fsp3) is 0.393. The van der Waals surface area contributed by atoms with Crippen molar-refractivity contribution in [3.8, 4) is 16.2 Å². The van der Waals surface area contributed by atoms with Crippen LogP contribution in [0.4, 0.5) is 16.3 Å². The molecule has 1 aliphatic rings. The molecule has 0 bridgehead atoms. The minimum Gasteiger partial charge on any atom is -0.492 e. The number of halogens is 1. The second-order valence-electron chi connectivity index (χ2n) is 10.9. The number of nitrogens with zero attached hydrogens (tertiary/aromatic N) is 3. The minimum absolute atomic E-state index is 0.137. The second-order valence-corrected chi connectivity index (χ2v) is 12.4. The number of aromatic nitrogens is 1. The van der Waals surface area contributed by atoms with E-state index in [1.165, 1.54) is 16.2 Å². The highest BCUT2D eigenvalue weighted by molar-refractivity contribution is 7.17. The van der Waals surface area contributed by atoms with Crippen molar-refractivity contribution in [2.45, 2.75) is 59.1 Å². The zero-order valence-electron chi connectivity index (χ0n) is 22.2. The molecule has 0 saturated heterocycles. The molecular formula is C28H32ClN3O4S. The maximum Gasteiger partial charge on any atom is 0.416 e. The molecule has 2 aromatic heterocycles. The fourth-order valence-corrected chi connectivity index (χ4v) is 5.54. The molecule has 1 aliphatic heterocycles. The third kappa shape index (κ3) is 5.75. The maximum absolute atomic E-state index is 13.3. The van der Waals surface area contributed by atoms with Gasteiger partial charge in [0.2, 0.25) is 0 Å². The fourth-order valence-electron chi connectivity index (χ4n) is 4.07. The average molecular weight is 542 g/mol. The molecule has 0 saturated carbocycles. The molecular weight excluding hydrogens is 510 g/mol. The number of hydrogen-bond donors (Lipinski definition) is 0. The lowest BCUT2D eigenvalue weighted by Gasteiger charge is -2.36. The van der Waals surface area contributed by atoms with Gasteiger partial charge in [0.15, 0.2) is 0 Å². The molecule has 0 N–H and O–H groups in total. The molecule has 2 amide bonds.